The van der Waals surface area contributed by atoms with Crippen LogP contribution in [0.1, 0.15) is 25.0 Å². The fourth-order valence-electron chi connectivity index (χ4n) is 3.11. The number of hydrogen-bond acceptors (Lipinski definition) is 5. The number of amides is 2. The molecule has 0 bridgehead atoms. The third-order valence-electron chi connectivity index (χ3n) is 4.15. The molecule has 1 aromatic rings. The van der Waals surface area contributed by atoms with Gasteiger partial charge in [-0.2, -0.15) is 0 Å². The van der Waals surface area contributed by atoms with Gasteiger partial charge in [0.2, 0.25) is 5.91 Å². The van der Waals surface area contributed by atoms with Crippen LogP contribution >= 0.6 is 11.6 Å². The molecule has 2 aliphatic heterocycles. The fraction of sp³-hybridized carbons (Fsp3) is 0.643. The maximum atomic E-state index is 12.4. The molecule has 2 fully saturated rings. The molecule has 8 heteroatoms. The number of aromatic nitrogens is 1. The minimum Gasteiger partial charge on any atom is -0.439 e. The van der Waals surface area contributed by atoms with Crippen molar-refractivity contribution in [3.63, 3.8) is 0 Å². The molecule has 120 valence electrons. The summed E-state index contributed by atoms with van der Waals surface area (Å²) >= 11 is 5.68. The predicted molar refractivity (Wildman–Crippen MR) is 77.5 cm³/mol. The molecule has 0 N–H and O–H groups in total. The lowest BCUT2D eigenvalue weighted by atomic mass is 9.92. The van der Waals surface area contributed by atoms with E-state index in [2.05, 4.69) is 5.16 Å². The summed E-state index contributed by atoms with van der Waals surface area (Å²) in [6.45, 7) is 1.69. The molecule has 2 saturated heterocycles. The summed E-state index contributed by atoms with van der Waals surface area (Å²) in [7, 11) is 1.71. The molecule has 1 unspecified atom stereocenters. The third kappa shape index (κ3) is 3.04. The van der Waals surface area contributed by atoms with Crippen LogP contribution in [0.5, 0.6) is 0 Å². The zero-order valence-corrected chi connectivity index (χ0v) is 13.1. The first-order valence-electron chi connectivity index (χ1n) is 7.30. The Hall–Kier alpha value is -1.76. The Labute approximate surface area is 133 Å². The summed E-state index contributed by atoms with van der Waals surface area (Å²) in [5, 5.41) is 3.88. The Morgan fingerprint density at radius 2 is 2.32 bits per heavy atom. The summed E-state index contributed by atoms with van der Waals surface area (Å²) in [6, 6.07) is 1.61. The normalized spacial score (nSPS) is 24.9. The van der Waals surface area contributed by atoms with Crippen molar-refractivity contribution < 1.29 is 18.8 Å². The lowest BCUT2D eigenvalue weighted by Gasteiger charge is -2.38. The maximum absolute atomic E-state index is 12.4. The van der Waals surface area contributed by atoms with Crippen LogP contribution < -0.4 is 0 Å². The smallest absolute Gasteiger partial charge is 0.410 e. The number of aryl methyl sites for hydroxylation is 1. The van der Waals surface area contributed by atoms with Gasteiger partial charge in [0.1, 0.15) is 11.4 Å². The topological polar surface area (TPSA) is 75.9 Å². The molecule has 7 nitrogen and oxygen atoms in total. The molecular formula is C14H18ClN3O4. The average molecular weight is 328 g/mol. The fourth-order valence-corrected chi connectivity index (χ4v) is 3.27. The van der Waals surface area contributed by atoms with Gasteiger partial charge in [0.25, 0.3) is 0 Å². The molecule has 0 saturated carbocycles. The predicted octanol–water partition coefficient (Wildman–Crippen LogP) is 1.70. The molecule has 0 aliphatic carbocycles. The zero-order chi connectivity index (χ0) is 15.7. The van der Waals surface area contributed by atoms with E-state index in [4.69, 9.17) is 20.9 Å². The number of likely N-dealkylation sites (N-methyl/N-ethyl adjacent to an activating group) is 1. The van der Waals surface area contributed by atoms with Crippen LogP contribution in [0.25, 0.3) is 0 Å². The average Bonchev–Trinajstić information content (AvgIpc) is 3.00. The van der Waals surface area contributed by atoms with Crippen LogP contribution in [0.15, 0.2) is 10.6 Å². The number of ether oxygens (including phenoxy) is 1. The van der Waals surface area contributed by atoms with Gasteiger partial charge >= 0.3 is 6.09 Å². The second kappa shape index (κ2) is 5.79. The van der Waals surface area contributed by atoms with Crippen molar-refractivity contribution >= 4 is 23.6 Å². The molecule has 3 heterocycles. The first-order valence-corrected chi connectivity index (χ1v) is 7.68. The first kappa shape index (κ1) is 15.1. The molecule has 0 radical (unpaired) electrons. The molecular weight excluding hydrogens is 310 g/mol. The van der Waals surface area contributed by atoms with Gasteiger partial charge in [-0.05, 0) is 12.8 Å². The number of carbonyl (C=O) groups is 2. The summed E-state index contributed by atoms with van der Waals surface area (Å²) in [4.78, 5) is 27.3. The van der Waals surface area contributed by atoms with Crippen molar-refractivity contribution in [1.82, 2.24) is 15.0 Å². The molecule has 1 spiro atoms. The van der Waals surface area contributed by atoms with Crippen molar-refractivity contribution in [2.75, 3.05) is 26.7 Å². The van der Waals surface area contributed by atoms with Crippen LogP contribution in [0.3, 0.4) is 0 Å². The number of piperidine rings is 1. The Balaban J connectivity index is 1.57. The van der Waals surface area contributed by atoms with Gasteiger partial charge in [-0.3, -0.25) is 4.79 Å². The standard InChI is InChI=1S/C14H18ClN3O4/c1-17-8-14(21-13(17)20)5-2-6-18(9-14)12(19)4-3-10-7-11(15)16-22-10/h7H,2-6,8-9H2,1H3. The number of carbonyl (C=O) groups excluding carboxylic acids is 2. The van der Waals surface area contributed by atoms with Gasteiger partial charge in [0.15, 0.2) is 5.15 Å². The maximum Gasteiger partial charge on any atom is 0.410 e. The Bertz CT molecular complexity index is 590. The largest absolute Gasteiger partial charge is 0.439 e. The molecule has 22 heavy (non-hydrogen) atoms. The highest BCUT2D eigenvalue weighted by atomic mass is 35.5. The van der Waals surface area contributed by atoms with E-state index in [0.29, 0.717) is 43.4 Å². The van der Waals surface area contributed by atoms with Crippen LogP contribution in [0.4, 0.5) is 4.79 Å². The minimum absolute atomic E-state index is 0.0252. The Morgan fingerprint density at radius 3 is 2.95 bits per heavy atom. The lowest BCUT2D eigenvalue weighted by Crippen LogP contribution is -2.52. The van der Waals surface area contributed by atoms with Gasteiger partial charge in [0, 0.05) is 32.5 Å². The second-order valence-electron chi connectivity index (χ2n) is 5.94. The summed E-state index contributed by atoms with van der Waals surface area (Å²) in [5.74, 6) is 0.620. The van der Waals surface area contributed by atoms with E-state index in [1.165, 1.54) is 0 Å². The van der Waals surface area contributed by atoms with E-state index >= 15 is 0 Å². The van der Waals surface area contributed by atoms with Gasteiger partial charge in [-0.25, -0.2) is 4.79 Å². The van der Waals surface area contributed by atoms with Crippen molar-refractivity contribution in [2.24, 2.45) is 0 Å². The molecule has 3 rings (SSSR count). The lowest BCUT2D eigenvalue weighted by molar-refractivity contribution is -0.136. The summed E-state index contributed by atoms with van der Waals surface area (Å²) in [5.41, 5.74) is -0.546. The first-order chi connectivity index (χ1) is 10.5. The molecule has 0 aromatic carbocycles. The van der Waals surface area contributed by atoms with Gasteiger partial charge in [-0.1, -0.05) is 16.8 Å². The van der Waals surface area contributed by atoms with E-state index in [0.717, 1.165) is 12.8 Å². The molecule has 1 atom stereocenters. The van der Waals surface area contributed by atoms with Gasteiger partial charge in [0.05, 0.1) is 13.1 Å². The van der Waals surface area contributed by atoms with Crippen LogP contribution in [0.2, 0.25) is 5.15 Å². The van der Waals surface area contributed by atoms with Crippen molar-refractivity contribution in [1.29, 1.82) is 0 Å². The van der Waals surface area contributed by atoms with Crippen LogP contribution in [-0.2, 0) is 16.0 Å². The molecule has 1 aromatic heterocycles. The van der Waals surface area contributed by atoms with Crippen LogP contribution in [0, 0.1) is 0 Å². The van der Waals surface area contributed by atoms with Crippen molar-refractivity contribution in [2.45, 2.75) is 31.3 Å². The second-order valence-corrected chi connectivity index (χ2v) is 6.33. The van der Waals surface area contributed by atoms with E-state index < -0.39 is 5.60 Å². The van der Waals surface area contributed by atoms with E-state index in [9.17, 15) is 9.59 Å². The highest BCUT2D eigenvalue weighted by Crippen LogP contribution is 2.31. The highest BCUT2D eigenvalue weighted by Gasteiger charge is 2.47. The summed E-state index contributed by atoms with van der Waals surface area (Å²) < 4.78 is 10.5. The van der Waals surface area contributed by atoms with E-state index in [1.54, 1.807) is 22.9 Å². The van der Waals surface area contributed by atoms with E-state index in [-0.39, 0.29) is 12.0 Å². The SMILES string of the molecule is CN1CC2(CCCN(C(=O)CCc3cc(Cl)no3)C2)OC1=O. The monoisotopic (exact) mass is 327 g/mol. The molecule has 2 aliphatic rings. The number of halogens is 1. The number of hydrogen-bond donors (Lipinski definition) is 0. The van der Waals surface area contributed by atoms with Gasteiger partial charge < -0.3 is 19.1 Å². The minimum atomic E-state index is -0.546. The van der Waals surface area contributed by atoms with Crippen LogP contribution in [-0.4, -0.2) is 59.2 Å². The molecule has 2 amide bonds. The number of rotatable bonds is 3. The highest BCUT2D eigenvalue weighted by molar-refractivity contribution is 6.29. The van der Waals surface area contributed by atoms with Crippen molar-refractivity contribution in [3.05, 3.63) is 17.0 Å². The van der Waals surface area contributed by atoms with Gasteiger partial charge in [-0.15, -0.1) is 0 Å². The summed E-state index contributed by atoms with van der Waals surface area (Å²) in [6.07, 6.45) is 2.10. The number of nitrogens with zero attached hydrogens (tertiary/aromatic N) is 3. The number of likely N-dealkylation sites (tertiary alicyclic amines) is 1. The quantitative estimate of drug-likeness (QED) is 0.844. The Morgan fingerprint density at radius 1 is 1.50 bits per heavy atom. The third-order valence-corrected chi connectivity index (χ3v) is 4.33. The van der Waals surface area contributed by atoms with Crippen molar-refractivity contribution in [3.8, 4) is 0 Å². The zero-order valence-electron chi connectivity index (χ0n) is 12.4. The Kier molecular flexibility index (Phi) is 3.99. The van der Waals surface area contributed by atoms with E-state index in [1.807, 2.05) is 0 Å².